The van der Waals surface area contributed by atoms with Crippen molar-refractivity contribution >= 4 is 18.3 Å². The standard InChI is InChI=1S/C18H28N2O2.ClH/c1-14(17(19)15-8-3-2-4-9-15)18(21)20-12-7-13-22-16-10-5-6-11-16;/h2-4,8-9,14,16-17H,5-7,10-13,19H2,1H3,(H,20,21);1H. The van der Waals surface area contributed by atoms with Crippen LogP contribution in [-0.4, -0.2) is 25.2 Å². The molecule has 3 N–H and O–H groups in total. The van der Waals surface area contributed by atoms with Crippen molar-refractivity contribution in [3.63, 3.8) is 0 Å². The predicted octanol–water partition coefficient (Wildman–Crippen LogP) is 3.21. The molecule has 1 aliphatic rings. The van der Waals surface area contributed by atoms with E-state index in [0.29, 0.717) is 12.6 Å². The average molecular weight is 341 g/mol. The van der Waals surface area contributed by atoms with E-state index in [4.69, 9.17) is 10.5 Å². The number of carbonyl (C=O) groups is 1. The van der Waals surface area contributed by atoms with E-state index in [1.165, 1.54) is 25.7 Å². The number of hydrogen-bond acceptors (Lipinski definition) is 3. The molecular weight excluding hydrogens is 312 g/mol. The Morgan fingerprint density at radius 2 is 1.96 bits per heavy atom. The Kier molecular flexibility index (Phi) is 9.22. The molecule has 1 aromatic rings. The number of ether oxygens (including phenoxy) is 1. The van der Waals surface area contributed by atoms with Crippen LogP contribution in [0.4, 0.5) is 0 Å². The van der Waals surface area contributed by atoms with Crippen LogP contribution in [0.5, 0.6) is 0 Å². The molecule has 2 atom stereocenters. The van der Waals surface area contributed by atoms with E-state index >= 15 is 0 Å². The van der Waals surface area contributed by atoms with Crippen molar-refractivity contribution in [1.29, 1.82) is 0 Å². The molecule has 130 valence electrons. The second kappa shape index (κ2) is 10.6. The third kappa shape index (κ3) is 6.50. The highest BCUT2D eigenvalue weighted by Crippen LogP contribution is 2.21. The van der Waals surface area contributed by atoms with Crippen LogP contribution in [0.2, 0.25) is 0 Å². The number of halogens is 1. The van der Waals surface area contributed by atoms with Crippen molar-refractivity contribution in [2.45, 2.75) is 51.2 Å². The molecular formula is C18H29ClN2O2. The van der Waals surface area contributed by atoms with E-state index in [1.54, 1.807) is 0 Å². The van der Waals surface area contributed by atoms with E-state index in [9.17, 15) is 4.79 Å². The van der Waals surface area contributed by atoms with Gasteiger partial charge in [-0.25, -0.2) is 0 Å². The van der Waals surface area contributed by atoms with Gasteiger partial charge in [0.15, 0.2) is 0 Å². The Hall–Kier alpha value is -1.10. The summed E-state index contributed by atoms with van der Waals surface area (Å²) in [5.41, 5.74) is 7.16. The van der Waals surface area contributed by atoms with Crippen molar-refractivity contribution in [2.75, 3.05) is 13.2 Å². The zero-order chi connectivity index (χ0) is 15.8. The Morgan fingerprint density at radius 3 is 2.61 bits per heavy atom. The minimum atomic E-state index is -0.268. The quantitative estimate of drug-likeness (QED) is 0.714. The second-order valence-corrected chi connectivity index (χ2v) is 6.15. The van der Waals surface area contributed by atoms with Gasteiger partial charge in [-0.1, -0.05) is 50.1 Å². The molecule has 0 aromatic heterocycles. The van der Waals surface area contributed by atoms with Crippen molar-refractivity contribution in [2.24, 2.45) is 11.7 Å². The molecule has 1 saturated carbocycles. The summed E-state index contributed by atoms with van der Waals surface area (Å²) in [4.78, 5) is 12.1. The van der Waals surface area contributed by atoms with Crippen LogP contribution in [0.1, 0.15) is 50.6 Å². The largest absolute Gasteiger partial charge is 0.378 e. The van der Waals surface area contributed by atoms with E-state index < -0.39 is 0 Å². The van der Waals surface area contributed by atoms with E-state index in [0.717, 1.165) is 18.6 Å². The number of hydrogen-bond donors (Lipinski definition) is 2. The molecule has 0 spiro atoms. The SMILES string of the molecule is CC(C(=O)NCCCOC1CCCC1)C(N)c1ccccc1.Cl. The highest BCUT2D eigenvalue weighted by atomic mass is 35.5. The van der Waals surface area contributed by atoms with Gasteiger partial charge in [0.1, 0.15) is 0 Å². The second-order valence-electron chi connectivity index (χ2n) is 6.15. The molecule has 23 heavy (non-hydrogen) atoms. The van der Waals surface area contributed by atoms with Gasteiger partial charge >= 0.3 is 0 Å². The maximum atomic E-state index is 12.1. The minimum Gasteiger partial charge on any atom is -0.378 e. The molecule has 2 unspecified atom stereocenters. The lowest BCUT2D eigenvalue weighted by molar-refractivity contribution is -0.125. The van der Waals surface area contributed by atoms with Crippen LogP contribution < -0.4 is 11.1 Å². The molecule has 0 bridgehead atoms. The summed E-state index contributed by atoms with van der Waals surface area (Å²) in [7, 11) is 0. The van der Waals surface area contributed by atoms with Gasteiger partial charge in [0.25, 0.3) is 0 Å². The maximum absolute atomic E-state index is 12.1. The van der Waals surface area contributed by atoms with Crippen molar-refractivity contribution in [3.05, 3.63) is 35.9 Å². The van der Waals surface area contributed by atoms with Crippen molar-refractivity contribution in [3.8, 4) is 0 Å². The van der Waals surface area contributed by atoms with Crippen LogP contribution in [0.25, 0.3) is 0 Å². The first-order chi connectivity index (χ1) is 10.7. The first-order valence-electron chi connectivity index (χ1n) is 8.38. The van der Waals surface area contributed by atoms with Gasteiger partial charge in [-0.15, -0.1) is 12.4 Å². The van der Waals surface area contributed by atoms with Crippen LogP contribution in [0.15, 0.2) is 30.3 Å². The molecule has 0 saturated heterocycles. The Balaban J connectivity index is 0.00000264. The first-order valence-corrected chi connectivity index (χ1v) is 8.38. The fraction of sp³-hybridized carbons (Fsp3) is 0.611. The number of amides is 1. The number of nitrogens with two attached hydrogens (primary N) is 1. The van der Waals surface area contributed by atoms with Crippen LogP contribution in [-0.2, 0) is 9.53 Å². The van der Waals surface area contributed by atoms with Gasteiger partial charge in [0.2, 0.25) is 5.91 Å². The van der Waals surface area contributed by atoms with E-state index in [1.807, 2.05) is 37.3 Å². The predicted molar refractivity (Wildman–Crippen MR) is 95.6 cm³/mol. The summed E-state index contributed by atoms with van der Waals surface area (Å²) in [6, 6.07) is 9.50. The van der Waals surface area contributed by atoms with Gasteiger partial charge in [-0.05, 0) is 24.8 Å². The maximum Gasteiger partial charge on any atom is 0.224 e. The Morgan fingerprint density at radius 1 is 1.30 bits per heavy atom. The average Bonchev–Trinajstić information content (AvgIpc) is 3.07. The highest BCUT2D eigenvalue weighted by molar-refractivity contribution is 5.85. The monoisotopic (exact) mass is 340 g/mol. The molecule has 0 aliphatic heterocycles. The Labute approximate surface area is 145 Å². The lowest BCUT2D eigenvalue weighted by atomic mass is 9.95. The van der Waals surface area contributed by atoms with Crippen molar-refractivity contribution < 1.29 is 9.53 Å². The van der Waals surface area contributed by atoms with Gasteiger partial charge in [-0.3, -0.25) is 4.79 Å². The normalized spacial score (nSPS) is 17.3. The summed E-state index contributed by atoms with van der Waals surface area (Å²) in [6.07, 6.45) is 6.26. The summed E-state index contributed by atoms with van der Waals surface area (Å²) in [5, 5.41) is 2.96. The summed E-state index contributed by atoms with van der Waals surface area (Å²) < 4.78 is 5.79. The first kappa shape index (κ1) is 19.9. The van der Waals surface area contributed by atoms with Crippen LogP contribution in [0, 0.1) is 5.92 Å². The number of nitrogens with one attached hydrogen (secondary N) is 1. The number of carbonyl (C=O) groups excluding carboxylic acids is 1. The molecule has 1 amide bonds. The Bertz CT molecular complexity index is 450. The molecule has 1 fully saturated rings. The van der Waals surface area contributed by atoms with E-state index in [-0.39, 0.29) is 30.3 Å². The van der Waals surface area contributed by atoms with Gasteiger partial charge in [0.05, 0.1) is 12.0 Å². The summed E-state index contributed by atoms with van der Waals surface area (Å²) in [6.45, 7) is 3.25. The third-order valence-electron chi connectivity index (χ3n) is 4.41. The smallest absolute Gasteiger partial charge is 0.224 e. The topological polar surface area (TPSA) is 64.3 Å². The van der Waals surface area contributed by atoms with Gasteiger partial charge in [-0.2, -0.15) is 0 Å². The van der Waals surface area contributed by atoms with Crippen molar-refractivity contribution in [1.82, 2.24) is 5.32 Å². The molecule has 4 nitrogen and oxygen atoms in total. The number of rotatable bonds is 8. The number of benzene rings is 1. The van der Waals surface area contributed by atoms with Gasteiger partial charge in [0, 0.05) is 19.2 Å². The molecule has 1 aromatic carbocycles. The van der Waals surface area contributed by atoms with E-state index in [2.05, 4.69) is 5.32 Å². The summed E-state index contributed by atoms with van der Waals surface area (Å²) in [5.74, 6) is -0.227. The lowest BCUT2D eigenvalue weighted by Crippen LogP contribution is -2.36. The fourth-order valence-electron chi connectivity index (χ4n) is 2.88. The highest BCUT2D eigenvalue weighted by Gasteiger charge is 2.21. The molecule has 0 heterocycles. The fourth-order valence-corrected chi connectivity index (χ4v) is 2.88. The van der Waals surface area contributed by atoms with Crippen LogP contribution >= 0.6 is 12.4 Å². The molecule has 5 heteroatoms. The lowest BCUT2D eigenvalue weighted by Gasteiger charge is -2.20. The third-order valence-corrected chi connectivity index (χ3v) is 4.41. The van der Waals surface area contributed by atoms with Crippen LogP contribution in [0.3, 0.4) is 0 Å². The molecule has 2 rings (SSSR count). The molecule has 1 aliphatic carbocycles. The zero-order valence-corrected chi connectivity index (χ0v) is 14.7. The minimum absolute atomic E-state index is 0. The zero-order valence-electron chi connectivity index (χ0n) is 13.9. The summed E-state index contributed by atoms with van der Waals surface area (Å²) >= 11 is 0. The van der Waals surface area contributed by atoms with Gasteiger partial charge < -0.3 is 15.8 Å². The molecule has 0 radical (unpaired) electrons.